The van der Waals surface area contributed by atoms with Crippen molar-refractivity contribution in [3.8, 4) is 0 Å². The normalized spacial score (nSPS) is 23.2. The van der Waals surface area contributed by atoms with Gasteiger partial charge >= 0.3 is 5.97 Å². The number of likely N-dealkylation sites (tertiary alicyclic amines) is 1. The number of carbonyl (C=O) groups is 4. The largest absolute Gasteiger partial charge is 0.480 e. The summed E-state index contributed by atoms with van der Waals surface area (Å²) < 4.78 is 0. The van der Waals surface area contributed by atoms with Crippen molar-refractivity contribution >= 4 is 57.1 Å². The monoisotopic (exact) mass is 510 g/mol. The molecule has 7 nitrogen and oxygen atoms in total. The van der Waals surface area contributed by atoms with Crippen LogP contribution in [0, 0.1) is 5.92 Å². The first kappa shape index (κ1) is 25.8. The van der Waals surface area contributed by atoms with Crippen LogP contribution in [0.2, 0.25) is 5.02 Å². The van der Waals surface area contributed by atoms with E-state index >= 15 is 0 Å². The van der Waals surface area contributed by atoms with Crippen LogP contribution < -0.4 is 5.32 Å². The molecule has 2 fully saturated rings. The van der Waals surface area contributed by atoms with Gasteiger partial charge in [-0.2, -0.15) is 0 Å². The third kappa shape index (κ3) is 7.09. The zero-order valence-electron chi connectivity index (χ0n) is 18.2. The summed E-state index contributed by atoms with van der Waals surface area (Å²) in [7, 11) is 2.78. The highest BCUT2D eigenvalue weighted by molar-refractivity contribution is 8.77. The van der Waals surface area contributed by atoms with Crippen LogP contribution in [-0.2, 0) is 25.7 Å². The number of piperidine rings is 1. The fourth-order valence-electron chi connectivity index (χ4n) is 3.91. The highest BCUT2D eigenvalue weighted by Gasteiger charge is 2.43. The molecule has 1 saturated heterocycles. The van der Waals surface area contributed by atoms with E-state index in [2.05, 4.69) is 10.2 Å². The predicted octanol–water partition coefficient (Wildman–Crippen LogP) is 3.36. The van der Waals surface area contributed by atoms with E-state index in [1.165, 1.54) is 34.6 Å². The first-order valence-corrected chi connectivity index (χ1v) is 13.5. The van der Waals surface area contributed by atoms with Gasteiger partial charge in [0.25, 0.3) is 0 Å². The number of carboxylic acids is 1. The molecule has 2 N–H and O–H groups in total. The Hall–Kier alpha value is -1.81. The minimum Gasteiger partial charge on any atom is -0.480 e. The van der Waals surface area contributed by atoms with E-state index in [0.717, 1.165) is 30.3 Å². The number of aliphatic carboxylic acids is 1. The van der Waals surface area contributed by atoms with Crippen molar-refractivity contribution in [3.63, 3.8) is 0 Å². The maximum Gasteiger partial charge on any atom is 0.327 e. The number of nitrogens with zero attached hydrogens (tertiary/aromatic N) is 1. The van der Waals surface area contributed by atoms with Gasteiger partial charge < -0.3 is 10.4 Å². The van der Waals surface area contributed by atoms with E-state index in [1.54, 1.807) is 0 Å². The number of hydrogen-bond donors (Lipinski definition) is 2. The Bertz CT molecular complexity index is 937. The summed E-state index contributed by atoms with van der Waals surface area (Å²) in [5, 5.41) is 12.3. The summed E-state index contributed by atoms with van der Waals surface area (Å²) in [4.78, 5) is 49.6. The smallest absolute Gasteiger partial charge is 0.327 e. The number of nitrogens with one attached hydrogen (secondary N) is 1. The Balaban J connectivity index is 1.76. The number of benzene rings is 1. The zero-order valence-corrected chi connectivity index (χ0v) is 20.6. The number of carbonyl (C=O) groups excluding carboxylic acids is 3. The van der Waals surface area contributed by atoms with Crippen molar-refractivity contribution in [2.45, 2.75) is 50.1 Å². The standard InChI is InChI=1S/C23H27ClN2O5S2/c1-14(28)25-19(23(30)31)13-32-33-20-8-10-26(12-16-4-2-3-5-18(16)24)21(17(20)9-11-27)22(29)15-6-7-15/h2-5,9,11,15,19-21H,6-8,10,12-13H2,1H3,(H,25,28)(H,30,31)/b17-9+/t19-,20?,21?/m0/s1. The summed E-state index contributed by atoms with van der Waals surface area (Å²) in [6.07, 6.45) is 4.65. The number of carboxylic acid groups (broad SMARTS) is 1. The van der Waals surface area contributed by atoms with Crippen molar-refractivity contribution < 1.29 is 24.3 Å². The Kier molecular flexibility index (Phi) is 9.43. The Labute approximate surface area is 206 Å². The average molecular weight is 511 g/mol. The molecule has 33 heavy (non-hydrogen) atoms. The minimum absolute atomic E-state index is 0.0198. The number of aldehydes is 1. The summed E-state index contributed by atoms with van der Waals surface area (Å²) >= 11 is 6.36. The maximum atomic E-state index is 13.3. The van der Waals surface area contributed by atoms with Crippen molar-refractivity contribution in [2.24, 2.45) is 5.92 Å². The molecule has 0 bridgehead atoms. The third-order valence-corrected chi connectivity index (χ3v) is 8.89. The van der Waals surface area contributed by atoms with Crippen LogP contribution in [0.3, 0.4) is 0 Å². The van der Waals surface area contributed by atoms with Crippen LogP contribution in [0.5, 0.6) is 0 Å². The van der Waals surface area contributed by atoms with Gasteiger partial charge in [-0.05, 0) is 42.5 Å². The third-order valence-electron chi connectivity index (χ3n) is 5.67. The van der Waals surface area contributed by atoms with E-state index in [9.17, 15) is 24.3 Å². The molecule has 1 aliphatic carbocycles. The van der Waals surface area contributed by atoms with Gasteiger partial charge in [-0.1, -0.05) is 51.4 Å². The molecular weight excluding hydrogens is 484 g/mol. The number of amides is 1. The van der Waals surface area contributed by atoms with Gasteiger partial charge in [0.15, 0.2) is 5.78 Å². The van der Waals surface area contributed by atoms with Gasteiger partial charge in [-0.15, -0.1) is 0 Å². The first-order chi connectivity index (χ1) is 15.8. The molecule has 0 aromatic heterocycles. The minimum atomic E-state index is -1.10. The number of halogens is 1. The second-order valence-corrected chi connectivity index (χ2v) is 11.2. The van der Waals surface area contributed by atoms with Crippen LogP contribution in [0.15, 0.2) is 35.9 Å². The Morgan fingerprint density at radius 2 is 2.00 bits per heavy atom. The topological polar surface area (TPSA) is 104 Å². The number of rotatable bonds is 11. The Morgan fingerprint density at radius 1 is 1.27 bits per heavy atom. The zero-order chi connectivity index (χ0) is 24.0. The van der Waals surface area contributed by atoms with Crippen LogP contribution in [-0.4, -0.2) is 63.6 Å². The number of allylic oxidation sites excluding steroid dienone is 1. The quantitative estimate of drug-likeness (QED) is 0.265. The molecule has 0 spiro atoms. The molecule has 3 rings (SSSR count). The molecule has 3 atom stereocenters. The highest BCUT2D eigenvalue weighted by Crippen LogP contribution is 2.42. The molecule has 1 heterocycles. The lowest BCUT2D eigenvalue weighted by molar-refractivity contribution is -0.140. The van der Waals surface area contributed by atoms with E-state index in [-0.39, 0.29) is 22.7 Å². The number of Topliss-reactive ketones (excluding diaryl/α,β-unsaturated/α-hetero) is 1. The predicted molar refractivity (Wildman–Crippen MR) is 131 cm³/mol. The van der Waals surface area contributed by atoms with Gasteiger partial charge in [-0.25, -0.2) is 4.79 Å². The van der Waals surface area contributed by atoms with Gasteiger partial charge in [0, 0.05) is 42.0 Å². The van der Waals surface area contributed by atoms with E-state index in [1.807, 2.05) is 24.3 Å². The summed E-state index contributed by atoms with van der Waals surface area (Å²) in [5.74, 6) is -1.18. The lowest BCUT2D eigenvalue weighted by Gasteiger charge is -2.40. The second kappa shape index (κ2) is 12.1. The van der Waals surface area contributed by atoms with E-state index in [0.29, 0.717) is 24.5 Å². The molecule has 1 amide bonds. The molecule has 2 aliphatic rings. The van der Waals surface area contributed by atoms with Crippen LogP contribution in [0.4, 0.5) is 0 Å². The van der Waals surface area contributed by atoms with Gasteiger partial charge in [0.2, 0.25) is 5.91 Å². The molecule has 1 aliphatic heterocycles. The number of ketones is 1. The molecule has 178 valence electrons. The van der Waals surface area contributed by atoms with Crippen LogP contribution in [0.25, 0.3) is 0 Å². The van der Waals surface area contributed by atoms with Gasteiger partial charge in [0.1, 0.15) is 12.3 Å². The molecule has 1 aromatic rings. The summed E-state index contributed by atoms with van der Waals surface area (Å²) in [6.45, 7) is 2.44. The fraction of sp³-hybridized carbons (Fsp3) is 0.478. The highest BCUT2D eigenvalue weighted by atomic mass is 35.5. The fourth-order valence-corrected chi connectivity index (χ4v) is 6.99. The lowest BCUT2D eigenvalue weighted by Crippen LogP contribution is -2.50. The summed E-state index contributed by atoms with van der Waals surface area (Å²) in [5.41, 5.74) is 1.68. The first-order valence-electron chi connectivity index (χ1n) is 10.8. The lowest BCUT2D eigenvalue weighted by atomic mass is 9.89. The molecular formula is C23H27ClN2O5S2. The van der Waals surface area contributed by atoms with Crippen molar-refractivity contribution in [1.82, 2.24) is 10.2 Å². The SMILES string of the molecule is CC(=O)N[C@@H](CSSC1CCN(Cc2ccccc2Cl)C(C(=O)C2CC2)/C1=C/C=O)C(=O)O. The molecule has 0 radical (unpaired) electrons. The van der Waals surface area contributed by atoms with Crippen molar-refractivity contribution in [1.29, 1.82) is 0 Å². The maximum absolute atomic E-state index is 13.3. The van der Waals surface area contributed by atoms with E-state index < -0.39 is 24.0 Å². The van der Waals surface area contributed by atoms with Crippen molar-refractivity contribution in [3.05, 3.63) is 46.5 Å². The molecule has 1 saturated carbocycles. The molecule has 10 heteroatoms. The van der Waals surface area contributed by atoms with Gasteiger partial charge in [-0.3, -0.25) is 19.3 Å². The second-order valence-electron chi connectivity index (χ2n) is 8.19. The molecule has 1 aromatic carbocycles. The van der Waals surface area contributed by atoms with E-state index in [4.69, 9.17) is 11.6 Å². The molecule has 2 unspecified atom stereocenters. The van der Waals surface area contributed by atoms with Crippen LogP contribution in [0.1, 0.15) is 31.7 Å². The summed E-state index contributed by atoms with van der Waals surface area (Å²) in [6, 6.07) is 6.04. The number of hydrogen-bond acceptors (Lipinski definition) is 7. The van der Waals surface area contributed by atoms with Crippen molar-refractivity contribution in [2.75, 3.05) is 12.3 Å². The average Bonchev–Trinajstić information content (AvgIpc) is 3.61. The van der Waals surface area contributed by atoms with Gasteiger partial charge in [0.05, 0.1) is 6.04 Å². The van der Waals surface area contributed by atoms with Crippen LogP contribution >= 0.6 is 33.2 Å². The Morgan fingerprint density at radius 3 is 2.61 bits per heavy atom.